The molecule has 0 radical (unpaired) electrons. The highest BCUT2D eigenvalue weighted by Gasteiger charge is 2.49. The molecule has 1 aliphatic heterocycles. The molecule has 1 aliphatic rings. The summed E-state index contributed by atoms with van der Waals surface area (Å²) in [6, 6.07) is 4.99. The molecule has 3 atom stereocenters. The van der Waals surface area contributed by atoms with Crippen LogP contribution in [0.2, 0.25) is 0 Å². The largest absolute Gasteiger partial charge is 0.504 e. The van der Waals surface area contributed by atoms with Crippen LogP contribution in [-0.2, 0) is 14.3 Å². The van der Waals surface area contributed by atoms with E-state index in [1.54, 1.807) is 25.1 Å². The lowest BCUT2D eigenvalue weighted by Gasteiger charge is -2.33. The van der Waals surface area contributed by atoms with Crippen molar-refractivity contribution in [3.8, 4) is 11.5 Å². The molecule has 1 aromatic rings. The molecule has 0 saturated carbocycles. The summed E-state index contributed by atoms with van der Waals surface area (Å²) in [7, 11) is 2.62. The van der Waals surface area contributed by atoms with Gasteiger partial charge in [-0.05, 0) is 24.6 Å². The molecule has 1 saturated heterocycles. The number of rotatable bonds is 3. The van der Waals surface area contributed by atoms with Crippen LogP contribution in [0.15, 0.2) is 18.2 Å². The maximum atomic E-state index is 12.1. The van der Waals surface area contributed by atoms with Gasteiger partial charge in [-0.3, -0.25) is 4.79 Å². The number of phenolic OH excluding ortho intramolecular Hbond substituents is 1. The number of likely N-dealkylation sites (tertiary alicyclic amines) is 1. The summed E-state index contributed by atoms with van der Waals surface area (Å²) in [5, 5.41) is 20.3. The number of aliphatic hydroxyl groups excluding tert-OH is 1. The summed E-state index contributed by atoms with van der Waals surface area (Å²) in [6.45, 7) is 3.98. The molecule has 7 nitrogen and oxygen atoms in total. The summed E-state index contributed by atoms with van der Waals surface area (Å²) in [4.78, 5) is 25.0. The molecular formula is C17H23NO6. The zero-order valence-electron chi connectivity index (χ0n) is 14.3. The number of esters is 1. The molecule has 0 unspecified atom stereocenters. The minimum atomic E-state index is -0.929. The van der Waals surface area contributed by atoms with Crippen LogP contribution >= 0.6 is 0 Å². The average Bonchev–Trinajstić information content (AvgIpc) is 2.92. The summed E-state index contributed by atoms with van der Waals surface area (Å²) >= 11 is 0. The Morgan fingerprint density at radius 1 is 1.38 bits per heavy atom. The molecule has 0 aliphatic carbocycles. The second kappa shape index (κ2) is 6.68. The van der Waals surface area contributed by atoms with Gasteiger partial charge in [-0.15, -0.1) is 0 Å². The van der Waals surface area contributed by atoms with Gasteiger partial charge in [0, 0.05) is 24.4 Å². The van der Waals surface area contributed by atoms with Gasteiger partial charge in [0.2, 0.25) is 0 Å². The third kappa shape index (κ3) is 3.03. The van der Waals surface area contributed by atoms with Gasteiger partial charge in [0.05, 0.1) is 20.3 Å². The van der Waals surface area contributed by atoms with Gasteiger partial charge >= 0.3 is 11.9 Å². The van der Waals surface area contributed by atoms with E-state index in [0.717, 1.165) is 12.7 Å². The summed E-state index contributed by atoms with van der Waals surface area (Å²) in [6.07, 6.45) is -0.720. The van der Waals surface area contributed by atoms with Crippen LogP contribution in [0.25, 0.3) is 0 Å². The topological polar surface area (TPSA) is 96.3 Å². The number of ether oxygens (including phenoxy) is 2. The number of hydrogen-bond donors (Lipinski definition) is 2. The molecule has 2 rings (SSSR count). The van der Waals surface area contributed by atoms with E-state index in [0.29, 0.717) is 5.75 Å². The van der Waals surface area contributed by atoms with Crippen molar-refractivity contribution in [3.63, 3.8) is 0 Å². The van der Waals surface area contributed by atoms with Gasteiger partial charge in [-0.2, -0.15) is 0 Å². The highest BCUT2D eigenvalue weighted by molar-refractivity contribution is 6.32. The fourth-order valence-corrected chi connectivity index (χ4v) is 3.22. The Morgan fingerprint density at radius 3 is 2.54 bits per heavy atom. The molecule has 1 amide bonds. The van der Waals surface area contributed by atoms with Crippen LogP contribution in [0.1, 0.15) is 25.3 Å². The van der Waals surface area contributed by atoms with Crippen LogP contribution in [-0.4, -0.2) is 60.4 Å². The van der Waals surface area contributed by atoms with E-state index in [-0.39, 0.29) is 24.8 Å². The predicted octanol–water partition coefficient (Wildman–Crippen LogP) is 0.887. The Bertz CT molecular complexity index is 644. The first-order valence-electron chi connectivity index (χ1n) is 7.66. The number of methoxy groups -OCH3 is 2. The molecule has 0 spiro atoms. The fraction of sp³-hybridized carbons (Fsp3) is 0.529. The van der Waals surface area contributed by atoms with E-state index in [1.165, 1.54) is 12.0 Å². The lowest BCUT2D eigenvalue weighted by atomic mass is 9.72. The maximum Gasteiger partial charge on any atom is 0.396 e. The van der Waals surface area contributed by atoms with Gasteiger partial charge < -0.3 is 24.6 Å². The van der Waals surface area contributed by atoms with Crippen LogP contribution < -0.4 is 4.74 Å². The fourth-order valence-electron chi connectivity index (χ4n) is 3.22. The number of amides is 1. The Balaban J connectivity index is 2.37. The van der Waals surface area contributed by atoms with Crippen molar-refractivity contribution in [1.82, 2.24) is 4.90 Å². The van der Waals surface area contributed by atoms with Crippen LogP contribution in [0.3, 0.4) is 0 Å². The summed E-state index contributed by atoms with van der Waals surface area (Å²) in [5.41, 5.74) is 0.0990. The Morgan fingerprint density at radius 2 is 2.04 bits per heavy atom. The standard InChI is InChI=1S/C17H23NO6/c1-10(19)17(2)9-18(15(21)16(22)24-4)8-12(17)11-5-6-14(23-3)13(20)7-11/h5-7,10,12,19-20H,8-9H2,1-4H3/t10-,12+,17+/m1/s1. The van der Waals surface area contributed by atoms with Crippen molar-refractivity contribution in [1.29, 1.82) is 0 Å². The second-order valence-corrected chi connectivity index (χ2v) is 6.34. The van der Waals surface area contributed by atoms with Gasteiger partial charge in [0.25, 0.3) is 0 Å². The lowest BCUT2D eigenvalue weighted by molar-refractivity contribution is -0.157. The van der Waals surface area contributed by atoms with E-state index in [2.05, 4.69) is 4.74 Å². The van der Waals surface area contributed by atoms with Gasteiger partial charge in [0.1, 0.15) is 0 Å². The molecule has 0 bridgehead atoms. The quantitative estimate of drug-likeness (QED) is 0.628. The van der Waals surface area contributed by atoms with E-state index < -0.39 is 23.4 Å². The van der Waals surface area contributed by atoms with Crippen molar-refractivity contribution < 1.29 is 29.3 Å². The zero-order chi connectivity index (χ0) is 18.1. The monoisotopic (exact) mass is 337 g/mol. The molecule has 1 aromatic carbocycles. The Labute approximate surface area is 140 Å². The smallest absolute Gasteiger partial charge is 0.396 e. The number of carbonyl (C=O) groups is 2. The third-order valence-electron chi connectivity index (χ3n) is 4.94. The minimum absolute atomic E-state index is 0.0133. The van der Waals surface area contributed by atoms with Gasteiger partial charge in [0.15, 0.2) is 11.5 Å². The minimum Gasteiger partial charge on any atom is -0.504 e. The van der Waals surface area contributed by atoms with E-state index in [9.17, 15) is 19.8 Å². The molecule has 0 aromatic heterocycles. The number of aliphatic hydroxyl groups is 1. The van der Waals surface area contributed by atoms with Crippen LogP contribution in [0.4, 0.5) is 0 Å². The van der Waals surface area contributed by atoms with Crippen molar-refractivity contribution in [2.24, 2.45) is 5.41 Å². The molecule has 2 N–H and O–H groups in total. The molecule has 1 fully saturated rings. The van der Waals surface area contributed by atoms with Crippen LogP contribution in [0.5, 0.6) is 11.5 Å². The molecule has 24 heavy (non-hydrogen) atoms. The van der Waals surface area contributed by atoms with E-state index in [1.807, 2.05) is 6.92 Å². The Kier molecular flexibility index (Phi) is 5.03. The third-order valence-corrected chi connectivity index (χ3v) is 4.94. The van der Waals surface area contributed by atoms with Crippen molar-refractivity contribution >= 4 is 11.9 Å². The maximum absolute atomic E-state index is 12.1. The highest BCUT2D eigenvalue weighted by Crippen LogP contribution is 2.46. The number of hydrogen-bond acceptors (Lipinski definition) is 6. The van der Waals surface area contributed by atoms with Gasteiger partial charge in [-0.25, -0.2) is 4.79 Å². The molecule has 1 heterocycles. The van der Waals surface area contributed by atoms with Crippen molar-refractivity contribution in [2.75, 3.05) is 27.3 Å². The second-order valence-electron chi connectivity index (χ2n) is 6.34. The normalized spacial score (nSPS) is 24.5. The highest BCUT2D eigenvalue weighted by atomic mass is 16.5. The Hall–Kier alpha value is -2.28. The van der Waals surface area contributed by atoms with E-state index in [4.69, 9.17) is 4.74 Å². The predicted molar refractivity (Wildman–Crippen MR) is 85.8 cm³/mol. The number of phenols is 1. The first kappa shape index (κ1) is 18.1. The van der Waals surface area contributed by atoms with Gasteiger partial charge in [-0.1, -0.05) is 13.0 Å². The van der Waals surface area contributed by atoms with E-state index >= 15 is 0 Å². The average molecular weight is 337 g/mol. The summed E-state index contributed by atoms with van der Waals surface area (Å²) in [5.74, 6) is -1.58. The van der Waals surface area contributed by atoms with Crippen molar-refractivity contribution in [2.45, 2.75) is 25.9 Å². The summed E-state index contributed by atoms with van der Waals surface area (Å²) < 4.78 is 9.54. The molecular weight excluding hydrogens is 314 g/mol. The number of benzene rings is 1. The number of aromatic hydroxyl groups is 1. The van der Waals surface area contributed by atoms with Crippen LogP contribution in [0, 0.1) is 5.41 Å². The first-order valence-corrected chi connectivity index (χ1v) is 7.66. The van der Waals surface area contributed by atoms with Crippen molar-refractivity contribution in [3.05, 3.63) is 23.8 Å². The number of carbonyl (C=O) groups excluding carboxylic acids is 2. The molecule has 132 valence electrons. The first-order chi connectivity index (χ1) is 11.2. The number of nitrogens with zero attached hydrogens (tertiary/aromatic N) is 1. The lowest BCUT2D eigenvalue weighted by Crippen LogP contribution is -2.40. The SMILES string of the molecule is COC(=O)C(=O)N1C[C@@H](c2ccc(OC)c(O)c2)[C@](C)([C@@H](C)O)C1. The zero-order valence-corrected chi connectivity index (χ0v) is 14.3. The molecule has 7 heteroatoms.